The summed E-state index contributed by atoms with van der Waals surface area (Å²) in [7, 11) is 1.70. The molecule has 0 aromatic rings. The van der Waals surface area contributed by atoms with Gasteiger partial charge in [-0.2, -0.15) is 0 Å². The molecule has 17 heavy (non-hydrogen) atoms. The predicted octanol–water partition coefficient (Wildman–Crippen LogP) is 1.98. The minimum atomic E-state index is -0.0808. The van der Waals surface area contributed by atoms with Crippen molar-refractivity contribution in [1.82, 2.24) is 10.2 Å². The van der Waals surface area contributed by atoms with Crippen LogP contribution in [0.5, 0.6) is 0 Å². The van der Waals surface area contributed by atoms with Gasteiger partial charge in [0.2, 0.25) is 0 Å². The third kappa shape index (κ3) is 5.91. The molecule has 1 saturated carbocycles. The molecule has 1 aliphatic rings. The van der Waals surface area contributed by atoms with E-state index in [0.717, 1.165) is 18.9 Å². The Bertz CT molecular complexity index is 215. The molecule has 0 aromatic heterocycles. The summed E-state index contributed by atoms with van der Waals surface area (Å²) < 4.78 is 0. The highest BCUT2D eigenvalue weighted by Gasteiger charge is 2.13. The molecule has 0 aromatic carbocycles. The Kier molecular flexibility index (Phi) is 7.01. The number of urea groups is 1. The van der Waals surface area contributed by atoms with Gasteiger partial charge in [0.05, 0.1) is 6.61 Å². The van der Waals surface area contributed by atoms with Crippen molar-refractivity contribution >= 4 is 6.03 Å². The molecule has 0 radical (unpaired) electrons. The predicted molar refractivity (Wildman–Crippen MR) is 68.9 cm³/mol. The highest BCUT2D eigenvalue weighted by atomic mass is 16.3. The van der Waals surface area contributed by atoms with Crippen molar-refractivity contribution in [2.75, 3.05) is 26.7 Å². The summed E-state index contributed by atoms with van der Waals surface area (Å²) in [4.78, 5) is 13.0. The highest BCUT2D eigenvalue weighted by molar-refractivity contribution is 5.73. The van der Waals surface area contributed by atoms with Gasteiger partial charge in [-0.3, -0.25) is 0 Å². The standard InChI is InChI=1S/C13H26N2O2/c1-15(10-11-16)13(17)14-9-5-8-12-6-3-2-4-7-12/h12,16H,2-11H2,1H3,(H,14,17). The summed E-state index contributed by atoms with van der Waals surface area (Å²) in [6, 6.07) is -0.0808. The van der Waals surface area contributed by atoms with Crippen LogP contribution in [-0.2, 0) is 0 Å². The topological polar surface area (TPSA) is 52.6 Å². The number of carbonyl (C=O) groups is 1. The summed E-state index contributed by atoms with van der Waals surface area (Å²) in [6.07, 6.45) is 9.23. The van der Waals surface area contributed by atoms with Gasteiger partial charge in [0.15, 0.2) is 0 Å². The van der Waals surface area contributed by atoms with E-state index in [-0.39, 0.29) is 12.6 Å². The number of nitrogens with zero attached hydrogens (tertiary/aromatic N) is 1. The molecule has 0 heterocycles. The van der Waals surface area contributed by atoms with E-state index in [4.69, 9.17) is 5.11 Å². The summed E-state index contributed by atoms with van der Waals surface area (Å²) in [5.74, 6) is 0.885. The number of hydrogen-bond donors (Lipinski definition) is 2. The number of aliphatic hydroxyl groups excluding tert-OH is 1. The molecule has 2 amide bonds. The fourth-order valence-electron chi connectivity index (χ4n) is 2.45. The van der Waals surface area contributed by atoms with E-state index < -0.39 is 0 Å². The zero-order valence-corrected chi connectivity index (χ0v) is 11.0. The molecular formula is C13H26N2O2. The molecule has 0 unspecified atom stereocenters. The molecule has 0 spiro atoms. The molecule has 0 atom stereocenters. The maximum absolute atomic E-state index is 11.5. The minimum Gasteiger partial charge on any atom is -0.395 e. The Labute approximate surface area is 104 Å². The molecule has 4 heteroatoms. The number of carbonyl (C=O) groups excluding carboxylic acids is 1. The van der Waals surface area contributed by atoms with Crippen LogP contribution >= 0.6 is 0 Å². The zero-order chi connectivity index (χ0) is 12.5. The lowest BCUT2D eigenvalue weighted by atomic mass is 9.86. The first-order valence-corrected chi connectivity index (χ1v) is 6.84. The normalized spacial score (nSPS) is 16.8. The zero-order valence-electron chi connectivity index (χ0n) is 11.0. The first-order valence-electron chi connectivity index (χ1n) is 6.84. The first kappa shape index (κ1) is 14.3. The van der Waals surface area contributed by atoms with Crippen LogP contribution in [0.2, 0.25) is 0 Å². The molecule has 1 rings (SSSR count). The number of likely N-dealkylation sites (N-methyl/N-ethyl adjacent to an activating group) is 1. The van der Waals surface area contributed by atoms with Crippen molar-refractivity contribution < 1.29 is 9.90 Å². The highest BCUT2D eigenvalue weighted by Crippen LogP contribution is 2.26. The molecule has 0 aliphatic heterocycles. The van der Waals surface area contributed by atoms with E-state index in [1.54, 1.807) is 7.05 Å². The summed E-state index contributed by atoms with van der Waals surface area (Å²) in [5, 5.41) is 11.6. The number of aliphatic hydroxyl groups is 1. The number of amides is 2. The van der Waals surface area contributed by atoms with Gasteiger partial charge >= 0.3 is 6.03 Å². The first-order chi connectivity index (χ1) is 8.24. The average molecular weight is 242 g/mol. The van der Waals surface area contributed by atoms with Crippen LogP contribution in [0.15, 0.2) is 0 Å². The van der Waals surface area contributed by atoms with Crippen molar-refractivity contribution in [3.63, 3.8) is 0 Å². The second-order valence-electron chi connectivity index (χ2n) is 5.02. The van der Waals surface area contributed by atoms with E-state index in [1.165, 1.54) is 43.4 Å². The fraction of sp³-hybridized carbons (Fsp3) is 0.923. The number of nitrogens with one attached hydrogen (secondary N) is 1. The van der Waals surface area contributed by atoms with E-state index in [9.17, 15) is 4.79 Å². The summed E-state index contributed by atoms with van der Waals surface area (Å²) in [5.41, 5.74) is 0. The van der Waals surface area contributed by atoms with Crippen LogP contribution in [-0.4, -0.2) is 42.8 Å². The lowest BCUT2D eigenvalue weighted by molar-refractivity contribution is 0.190. The van der Waals surface area contributed by atoms with Crippen LogP contribution in [0.3, 0.4) is 0 Å². The molecule has 0 saturated heterocycles. The Morgan fingerprint density at radius 1 is 1.35 bits per heavy atom. The lowest BCUT2D eigenvalue weighted by Crippen LogP contribution is -2.39. The number of hydrogen-bond acceptors (Lipinski definition) is 2. The Balaban J connectivity index is 2.01. The summed E-state index contributed by atoms with van der Waals surface area (Å²) >= 11 is 0. The van der Waals surface area contributed by atoms with Gasteiger partial charge in [0, 0.05) is 20.1 Å². The van der Waals surface area contributed by atoms with Gasteiger partial charge < -0.3 is 15.3 Å². The Morgan fingerprint density at radius 2 is 2.06 bits per heavy atom. The van der Waals surface area contributed by atoms with Crippen molar-refractivity contribution in [2.24, 2.45) is 5.92 Å². The molecule has 100 valence electrons. The maximum atomic E-state index is 11.5. The Hall–Kier alpha value is -0.770. The molecule has 1 aliphatic carbocycles. The maximum Gasteiger partial charge on any atom is 0.317 e. The smallest absolute Gasteiger partial charge is 0.317 e. The second kappa shape index (κ2) is 8.34. The Morgan fingerprint density at radius 3 is 2.71 bits per heavy atom. The monoisotopic (exact) mass is 242 g/mol. The van der Waals surface area contributed by atoms with Crippen molar-refractivity contribution in [3.05, 3.63) is 0 Å². The van der Waals surface area contributed by atoms with Crippen LogP contribution in [0.1, 0.15) is 44.9 Å². The van der Waals surface area contributed by atoms with Gasteiger partial charge in [-0.25, -0.2) is 4.79 Å². The van der Waals surface area contributed by atoms with Crippen LogP contribution < -0.4 is 5.32 Å². The quantitative estimate of drug-likeness (QED) is 0.700. The average Bonchev–Trinajstić information content (AvgIpc) is 2.36. The molecule has 1 fully saturated rings. The second-order valence-corrected chi connectivity index (χ2v) is 5.02. The van der Waals surface area contributed by atoms with E-state index in [1.807, 2.05) is 0 Å². The van der Waals surface area contributed by atoms with Gasteiger partial charge in [-0.15, -0.1) is 0 Å². The van der Waals surface area contributed by atoms with Crippen LogP contribution in [0.25, 0.3) is 0 Å². The van der Waals surface area contributed by atoms with E-state index >= 15 is 0 Å². The largest absolute Gasteiger partial charge is 0.395 e. The molecule has 4 nitrogen and oxygen atoms in total. The summed E-state index contributed by atoms with van der Waals surface area (Å²) in [6.45, 7) is 1.17. The number of rotatable bonds is 6. The van der Waals surface area contributed by atoms with Gasteiger partial charge in [0.1, 0.15) is 0 Å². The van der Waals surface area contributed by atoms with Gasteiger partial charge in [-0.1, -0.05) is 32.1 Å². The molecule has 2 N–H and O–H groups in total. The SMILES string of the molecule is CN(CCO)C(=O)NCCCC1CCCCC1. The minimum absolute atomic E-state index is 0.0198. The lowest BCUT2D eigenvalue weighted by Gasteiger charge is -2.21. The van der Waals surface area contributed by atoms with Crippen molar-refractivity contribution in [2.45, 2.75) is 44.9 Å². The van der Waals surface area contributed by atoms with E-state index in [0.29, 0.717) is 6.54 Å². The fourth-order valence-corrected chi connectivity index (χ4v) is 2.45. The van der Waals surface area contributed by atoms with Gasteiger partial charge in [0.25, 0.3) is 0 Å². The van der Waals surface area contributed by atoms with Crippen LogP contribution in [0, 0.1) is 5.92 Å². The third-order valence-corrected chi connectivity index (χ3v) is 3.57. The van der Waals surface area contributed by atoms with Crippen LogP contribution in [0.4, 0.5) is 4.79 Å². The van der Waals surface area contributed by atoms with E-state index in [2.05, 4.69) is 5.32 Å². The molecular weight excluding hydrogens is 216 g/mol. The van der Waals surface area contributed by atoms with Gasteiger partial charge in [-0.05, 0) is 18.8 Å². The van der Waals surface area contributed by atoms with Crippen molar-refractivity contribution in [3.8, 4) is 0 Å². The van der Waals surface area contributed by atoms with Crippen molar-refractivity contribution in [1.29, 1.82) is 0 Å². The molecule has 0 bridgehead atoms. The third-order valence-electron chi connectivity index (χ3n) is 3.57.